The molecule has 0 aromatic rings. The Labute approximate surface area is 85.3 Å². The second kappa shape index (κ2) is 22.8. The van der Waals surface area contributed by atoms with Crippen molar-refractivity contribution in [3.63, 3.8) is 0 Å². The molecule has 0 unspecified atom stereocenters. The predicted molar refractivity (Wildman–Crippen MR) is 46.1 cm³/mol. The van der Waals surface area contributed by atoms with E-state index in [1.165, 1.54) is 0 Å². The van der Waals surface area contributed by atoms with Crippen LogP contribution in [-0.2, 0) is 26.2 Å². The Hall–Kier alpha value is 0.323. The van der Waals surface area contributed by atoms with E-state index in [1.807, 2.05) is 12.2 Å². The number of rotatable bonds is 0. The molecular formula is C8H16NZr-5. The van der Waals surface area contributed by atoms with Gasteiger partial charge in [-0.25, -0.2) is 12.2 Å². The van der Waals surface area contributed by atoms with Crippen molar-refractivity contribution >= 4 is 0 Å². The van der Waals surface area contributed by atoms with Crippen molar-refractivity contribution in [3.05, 3.63) is 52.7 Å². The maximum atomic E-state index is 2.99. The van der Waals surface area contributed by atoms with Crippen LogP contribution >= 0.6 is 0 Å². The topological polar surface area (TPSA) is 33.5 Å². The molecule has 2 N–H and O–H groups in total. The van der Waals surface area contributed by atoms with Crippen molar-refractivity contribution in [1.82, 2.24) is 0 Å². The summed E-state index contributed by atoms with van der Waals surface area (Å²) < 4.78 is 0. The SMILES string of the molecule is [C-]1=CC=CC1.[CH3-].[CH3-].[CH3-].[NH2-].[Zr]. The zero-order valence-corrected chi connectivity index (χ0v) is 9.47. The van der Waals surface area contributed by atoms with Gasteiger partial charge in [-0.05, 0) is 0 Å². The van der Waals surface area contributed by atoms with Gasteiger partial charge < -0.3 is 28.4 Å². The second-order valence-electron chi connectivity index (χ2n) is 1.00. The molecule has 1 aliphatic carbocycles. The summed E-state index contributed by atoms with van der Waals surface area (Å²) in [5.41, 5.74) is 0. The number of nitrogens with two attached hydrogens (primary N) is 1. The molecule has 0 bridgehead atoms. The summed E-state index contributed by atoms with van der Waals surface area (Å²) >= 11 is 0. The van der Waals surface area contributed by atoms with Crippen molar-refractivity contribution in [2.24, 2.45) is 0 Å². The van der Waals surface area contributed by atoms with E-state index >= 15 is 0 Å². The van der Waals surface area contributed by atoms with Crippen LogP contribution in [0.2, 0.25) is 0 Å². The van der Waals surface area contributed by atoms with Gasteiger partial charge in [0, 0.05) is 26.2 Å². The Kier molecular flexibility index (Phi) is 72.2. The average molecular weight is 217 g/mol. The molecule has 62 valence electrons. The van der Waals surface area contributed by atoms with E-state index in [1.54, 1.807) is 0 Å². The molecule has 0 fully saturated rings. The quantitative estimate of drug-likeness (QED) is 0.558. The smallest absolute Gasteiger partial charge is 0 e. The second-order valence-corrected chi connectivity index (χ2v) is 1.00. The van der Waals surface area contributed by atoms with Crippen LogP contribution in [0.1, 0.15) is 6.42 Å². The molecular weight excluding hydrogens is 201 g/mol. The van der Waals surface area contributed by atoms with Crippen LogP contribution in [0.25, 0.3) is 6.15 Å². The molecule has 2 heteroatoms. The third-order valence-electron chi connectivity index (χ3n) is 0.586. The molecule has 0 spiro atoms. The minimum absolute atomic E-state index is 0. The monoisotopic (exact) mass is 216 g/mol. The van der Waals surface area contributed by atoms with Crippen LogP contribution in [0.15, 0.2) is 18.2 Å². The predicted octanol–water partition coefficient (Wildman–Crippen LogP) is 3.37. The minimum atomic E-state index is 0. The first-order chi connectivity index (χ1) is 2.50. The molecule has 1 rings (SSSR count). The van der Waals surface area contributed by atoms with Gasteiger partial charge in [0.05, 0.1) is 0 Å². The maximum absolute atomic E-state index is 2.99. The molecule has 0 heterocycles. The summed E-state index contributed by atoms with van der Waals surface area (Å²) in [5, 5.41) is 0. The first-order valence-corrected chi connectivity index (χ1v) is 1.72. The van der Waals surface area contributed by atoms with E-state index in [9.17, 15) is 0 Å². The van der Waals surface area contributed by atoms with Crippen LogP contribution < -0.4 is 0 Å². The van der Waals surface area contributed by atoms with E-state index in [0.717, 1.165) is 6.42 Å². The van der Waals surface area contributed by atoms with E-state index in [0.29, 0.717) is 0 Å². The van der Waals surface area contributed by atoms with E-state index in [4.69, 9.17) is 0 Å². The summed E-state index contributed by atoms with van der Waals surface area (Å²) in [6, 6.07) is 0. The first kappa shape index (κ1) is 31.7. The fourth-order valence-corrected chi connectivity index (χ4v) is 0.340. The zero-order valence-electron chi connectivity index (χ0n) is 7.02. The third-order valence-corrected chi connectivity index (χ3v) is 0.586. The van der Waals surface area contributed by atoms with Gasteiger partial charge in [-0.3, -0.25) is 6.08 Å². The number of hydrogen-bond donors (Lipinski definition) is 0. The van der Waals surface area contributed by atoms with Crippen LogP contribution in [-0.4, -0.2) is 0 Å². The molecule has 0 amide bonds. The summed E-state index contributed by atoms with van der Waals surface area (Å²) in [7, 11) is 0. The summed E-state index contributed by atoms with van der Waals surface area (Å²) in [6.07, 6.45) is 10.0. The molecule has 0 aliphatic heterocycles. The summed E-state index contributed by atoms with van der Waals surface area (Å²) in [4.78, 5) is 0. The average Bonchev–Trinajstić information content (AvgIpc) is 1.76. The van der Waals surface area contributed by atoms with Crippen LogP contribution in [0, 0.1) is 28.4 Å². The molecule has 0 aromatic carbocycles. The Morgan fingerprint density at radius 2 is 1.60 bits per heavy atom. The summed E-state index contributed by atoms with van der Waals surface area (Å²) in [6.45, 7) is 0. The van der Waals surface area contributed by atoms with Gasteiger partial charge in [0.25, 0.3) is 0 Å². The standard InChI is InChI=1S/C5H5.3CH3.H2N.Zr/c1-2-4-5-3-1;;;;;/h1-3H,4H2;3*1H3;1H2;/q5*-1;. The van der Waals surface area contributed by atoms with Crippen LogP contribution in [0.3, 0.4) is 0 Å². The van der Waals surface area contributed by atoms with Gasteiger partial charge in [-0.2, -0.15) is 6.08 Å². The van der Waals surface area contributed by atoms with Crippen molar-refractivity contribution in [3.8, 4) is 0 Å². The van der Waals surface area contributed by atoms with Crippen LogP contribution in [0.5, 0.6) is 0 Å². The molecule has 1 nitrogen and oxygen atoms in total. The van der Waals surface area contributed by atoms with Gasteiger partial charge in [0.2, 0.25) is 0 Å². The van der Waals surface area contributed by atoms with Gasteiger partial charge in [-0.1, -0.05) is 0 Å². The Balaban J connectivity index is -0.0000000167. The fraction of sp³-hybridized carbons (Fsp3) is 0.125. The van der Waals surface area contributed by atoms with Crippen molar-refractivity contribution in [2.75, 3.05) is 0 Å². The Bertz CT molecular complexity index is 67.3. The molecule has 0 saturated heterocycles. The largest absolute Gasteiger partial charge is 0.693 e. The third kappa shape index (κ3) is 15.8. The molecule has 1 aliphatic rings. The molecule has 0 aromatic heterocycles. The normalized spacial score (nSPS) is 8.80. The van der Waals surface area contributed by atoms with Gasteiger partial charge >= 0.3 is 0 Å². The van der Waals surface area contributed by atoms with Gasteiger partial charge in [-0.15, -0.1) is 6.42 Å². The molecule has 0 saturated carbocycles. The molecule has 0 radical (unpaired) electrons. The Morgan fingerprint density at radius 3 is 1.70 bits per heavy atom. The number of hydrogen-bond acceptors (Lipinski definition) is 0. The van der Waals surface area contributed by atoms with E-state index in [-0.39, 0.29) is 54.6 Å². The van der Waals surface area contributed by atoms with Crippen molar-refractivity contribution in [2.45, 2.75) is 6.42 Å². The maximum Gasteiger partial charge on any atom is 0 e. The van der Waals surface area contributed by atoms with E-state index in [2.05, 4.69) is 12.2 Å². The first-order valence-electron chi connectivity index (χ1n) is 1.72. The van der Waals surface area contributed by atoms with Crippen molar-refractivity contribution < 1.29 is 26.2 Å². The van der Waals surface area contributed by atoms with E-state index < -0.39 is 0 Å². The number of allylic oxidation sites excluding steroid dienone is 4. The zero-order chi connectivity index (χ0) is 3.54. The Morgan fingerprint density at radius 1 is 1.10 bits per heavy atom. The van der Waals surface area contributed by atoms with Gasteiger partial charge in [0.15, 0.2) is 0 Å². The van der Waals surface area contributed by atoms with Crippen LogP contribution in [0.4, 0.5) is 0 Å². The minimum Gasteiger partial charge on any atom is -0.693 e. The summed E-state index contributed by atoms with van der Waals surface area (Å²) in [5.74, 6) is 0. The molecule has 10 heavy (non-hydrogen) atoms. The van der Waals surface area contributed by atoms with Crippen molar-refractivity contribution in [1.29, 1.82) is 0 Å². The molecule has 0 atom stereocenters. The van der Waals surface area contributed by atoms with Gasteiger partial charge in [0.1, 0.15) is 0 Å². The fourth-order valence-electron chi connectivity index (χ4n) is 0.340.